The van der Waals surface area contributed by atoms with Gasteiger partial charge in [-0.3, -0.25) is 4.57 Å². The number of nitrogens with one attached hydrogen (secondary N) is 1. The van der Waals surface area contributed by atoms with Crippen LogP contribution >= 0.6 is 11.8 Å². The van der Waals surface area contributed by atoms with Gasteiger partial charge in [0.05, 0.1) is 6.10 Å². The Morgan fingerprint density at radius 3 is 2.62 bits per heavy atom. The van der Waals surface area contributed by atoms with E-state index in [-0.39, 0.29) is 5.69 Å². The second kappa shape index (κ2) is 6.95. The third-order valence-corrected chi connectivity index (χ3v) is 4.22. The van der Waals surface area contributed by atoms with E-state index in [4.69, 9.17) is 0 Å². The Kier molecular flexibility index (Phi) is 5.25. The highest BCUT2D eigenvalue weighted by atomic mass is 32.2. The van der Waals surface area contributed by atoms with Crippen LogP contribution in [0.2, 0.25) is 0 Å². The summed E-state index contributed by atoms with van der Waals surface area (Å²) in [6.45, 7) is 6.68. The largest absolute Gasteiger partial charge is 0.388 e. The van der Waals surface area contributed by atoms with Crippen molar-refractivity contribution in [3.63, 3.8) is 0 Å². The zero-order valence-electron chi connectivity index (χ0n) is 12.6. The van der Waals surface area contributed by atoms with E-state index < -0.39 is 6.10 Å². The monoisotopic (exact) mass is 307 g/mol. The SMILES string of the molecule is CCCn1c(SCC(O)c2cc(C)cc(C)c2)n[nH]c1=O. The number of aliphatic hydroxyl groups excluding tert-OH is 1. The molecule has 114 valence electrons. The predicted octanol–water partition coefficient (Wildman–Crippen LogP) is 2.42. The van der Waals surface area contributed by atoms with Crippen LogP contribution in [0.4, 0.5) is 0 Å². The van der Waals surface area contributed by atoms with Crippen LogP contribution in [0.15, 0.2) is 28.2 Å². The Morgan fingerprint density at radius 1 is 1.33 bits per heavy atom. The Hall–Kier alpha value is -1.53. The highest BCUT2D eigenvalue weighted by molar-refractivity contribution is 7.99. The number of aromatic nitrogens is 3. The summed E-state index contributed by atoms with van der Waals surface area (Å²) in [7, 11) is 0. The molecule has 0 aliphatic rings. The maximum absolute atomic E-state index is 11.6. The van der Waals surface area contributed by atoms with E-state index in [1.807, 2.05) is 32.9 Å². The molecule has 0 radical (unpaired) electrons. The lowest BCUT2D eigenvalue weighted by atomic mass is 10.0. The minimum absolute atomic E-state index is 0.194. The fourth-order valence-electron chi connectivity index (χ4n) is 2.29. The van der Waals surface area contributed by atoms with Crippen LogP contribution in [0.25, 0.3) is 0 Å². The first kappa shape index (κ1) is 15.9. The number of aromatic amines is 1. The number of hydrogen-bond donors (Lipinski definition) is 2. The van der Waals surface area contributed by atoms with Crippen molar-refractivity contribution in [3.8, 4) is 0 Å². The van der Waals surface area contributed by atoms with Crippen LogP contribution in [0, 0.1) is 13.8 Å². The fourth-order valence-corrected chi connectivity index (χ4v) is 3.23. The summed E-state index contributed by atoms with van der Waals surface area (Å²) in [6.07, 6.45) is 0.294. The number of rotatable bonds is 6. The smallest absolute Gasteiger partial charge is 0.343 e. The molecule has 0 fully saturated rings. The molecule has 0 bridgehead atoms. The molecule has 0 spiro atoms. The number of H-pyrrole nitrogens is 1. The molecule has 0 aliphatic carbocycles. The van der Waals surface area contributed by atoms with Gasteiger partial charge in [-0.25, -0.2) is 9.89 Å². The number of benzene rings is 1. The molecule has 1 unspecified atom stereocenters. The van der Waals surface area contributed by atoms with E-state index in [0.29, 0.717) is 17.5 Å². The second-order valence-corrected chi connectivity index (χ2v) is 6.20. The lowest BCUT2D eigenvalue weighted by Crippen LogP contribution is -2.17. The zero-order valence-corrected chi connectivity index (χ0v) is 13.4. The summed E-state index contributed by atoms with van der Waals surface area (Å²) < 4.78 is 1.61. The minimum atomic E-state index is -0.574. The predicted molar refractivity (Wildman–Crippen MR) is 84.7 cm³/mol. The Bertz CT molecular complexity index is 643. The van der Waals surface area contributed by atoms with Gasteiger partial charge in [0.25, 0.3) is 0 Å². The maximum Gasteiger partial charge on any atom is 0.343 e. The van der Waals surface area contributed by atoms with Gasteiger partial charge >= 0.3 is 5.69 Å². The Balaban J connectivity index is 2.07. The van der Waals surface area contributed by atoms with Gasteiger partial charge in [-0.1, -0.05) is 48.0 Å². The maximum atomic E-state index is 11.6. The van der Waals surface area contributed by atoms with E-state index >= 15 is 0 Å². The highest BCUT2D eigenvalue weighted by Crippen LogP contribution is 2.24. The third kappa shape index (κ3) is 3.98. The molecule has 2 N–H and O–H groups in total. The number of aliphatic hydroxyl groups is 1. The van der Waals surface area contributed by atoms with Gasteiger partial charge in [0.1, 0.15) is 0 Å². The van der Waals surface area contributed by atoms with Gasteiger partial charge < -0.3 is 5.11 Å². The van der Waals surface area contributed by atoms with Crippen molar-refractivity contribution >= 4 is 11.8 Å². The molecule has 1 aromatic heterocycles. The van der Waals surface area contributed by atoms with Gasteiger partial charge in [0.15, 0.2) is 5.16 Å². The van der Waals surface area contributed by atoms with Crippen LogP contribution < -0.4 is 5.69 Å². The van der Waals surface area contributed by atoms with Gasteiger partial charge in [-0.15, -0.1) is 5.10 Å². The van der Waals surface area contributed by atoms with Crippen LogP contribution in [0.1, 0.15) is 36.1 Å². The quantitative estimate of drug-likeness (QED) is 0.804. The first-order valence-corrected chi connectivity index (χ1v) is 8.04. The minimum Gasteiger partial charge on any atom is -0.388 e. The molecule has 0 saturated carbocycles. The van der Waals surface area contributed by atoms with Gasteiger partial charge in [-0.05, 0) is 25.8 Å². The second-order valence-electron chi connectivity index (χ2n) is 5.21. The Labute approximate surface area is 128 Å². The van der Waals surface area contributed by atoms with Crippen molar-refractivity contribution in [1.29, 1.82) is 0 Å². The first-order valence-electron chi connectivity index (χ1n) is 7.05. The summed E-state index contributed by atoms with van der Waals surface area (Å²) in [4.78, 5) is 11.6. The van der Waals surface area contributed by atoms with Crippen LogP contribution in [-0.2, 0) is 6.54 Å². The summed E-state index contributed by atoms with van der Waals surface area (Å²) in [5.74, 6) is 0.469. The fraction of sp³-hybridized carbons (Fsp3) is 0.467. The standard InChI is InChI=1S/C15H21N3O2S/c1-4-5-18-14(20)16-17-15(18)21-9-13(19)12-7-10(2)6-11(3)8-12/h6-8,13,19H,4-5,9H2,1-3H3,(H,16,20). The molecule has 21 heavy (non-hydrogen) atoms. The third-order valence-electron chi connectivity index (χ3n) is 3.17. The van der Waals surface area contributed by atoms with Gasteiger partial charge in [0.2, 0.25) is 0 Å². The lowest BCUT2D eigenvalue weighted by molar-refractivity contribution is 0.204. The summed E-state index contributed by atoms with van der Waals surface area (Å²) in [5.41, 5.74) is 2.98. The van der Waals surface area contributed by atoms with Crippen LogP contribution in [0.3, 0.4) is 0 Å². The normalized spacial score (nSPS) is 12.6. The zero-order chi connectivity index (χ0) is 15.4. The number of hydrogen-bond acceptors (Lipinski definition) is 4. The molecule has 1 heterocycles. The van der Waals surface area contributed by atoms with E-state index in [0.717, 1.165) is 23.1 Å². The number of thioether (sulfide) groups is 1. The molecule has 1 aromatic carbocycles. The average Bonchev–Trinajstić information content (AvgIpc) is 2.77. The molecule has 1 atom stereocenters. The molecule has 2 aromatic rings. The van der Waals surface area contributed by atoms with Crippen LogP contribution in [-0.4, -0.2) is 25.6 Å². The van der Waals surface area contributed by atoms with Crippen molar-refractivity contribution in [2.75, 3.05) is 5.75 Å². The molecule has 0 aliphatic heterocycles. The summed E-state index contributed by atoms with van der Waals surface area (Å²) >= 11 is 1.39. The number of nitrogens with zero attached hydrogens (tertiary/aromatic N) is 2. The molecule has 2 rings (SSSR count). The van der Waals surface area contributed by atoms with Gasteiger partial charge in [-0.2, -0.15) is 0 Å². The molecular formula is C15H21N3O2S. The molecule has 0 amide bonds. The molecule has 5 nitrogen and oxygen atoms in total. The number of aryl methyl sites for hydroxylation is 2. The topological polar surface area (TPSA) is 70.9 Å². The first-order chi connectivity index (χ1) is 10.0. The average molecular weight is 307 g/mol. The van der Waals surface area contributed by atoms with Crippen molar-refractivity contribution in [3.05, 3.63) is 45.4 Å². The summed E-state index contributed by atoms with van der Waals surface area (Å²) in [5, 5.41) is 17.4. The van der Waals surface area contributed by atoms with E-state index in [1.165, 1.54) is 11.8 Å². The highest BCUT2D eigenvalue weighted by Gasteiger charge is 2.13. The van der Waals surface area contributed by atoms with Crippen molar-refractivity contribution in [2.24, 2.45) is 0 Å². The van der Waals surface area contributed by atoms with Gasteiger partial charge in [0, 0.05) is 12.3 Å². The van der Waals surface area contributed by atoms with Crippen molar-refractivity contribution in [1.82, 2.24) is 14.8 Å². The van der Waals surface area contributed by atoms with E-state index in [1.54, 1.807) is 4.57 Å². The molecular weight excluding hydrogens is 286 g/mol. The van der Waals surface area contributed by atoms with Crippen LogP contribution in [0.5, 0.6) is 0 Å². The summed E-state index contributed by atoms with van der Waals surface area (Å²) in [6, 6.07) is 6.06. The van der Waals surface area contributed by atoms with Crippen molar-refractivity contribution < 1.29 is 5.11 Å². The molecule has 6 heteroatoms. The molecule has 0 saturated heterocycles. The van der Waals surface area contributed by atoms with Crippen molar-refractivity contribution in [2.45, 2.75) is 45.0 Å². The lowest BCUT2D eigenvalue weighted by Gasteiger charge is -2.12. The Morgan fingerprint density at radius 2 is 2.00 bits per heavy atom. The van der Waals surface area contributed by atoms with E-state index in [9.17, 15) is 9.90 Å². The van der Waals surface area contributed by atoms with E-state index in [2.05, 4.69) is 16.3 Å².